The third-order valence-corrected chi connectivity index (χ3v) is 4.52. The van der Waals surface area contributed by atoms with Crippen molar-refractivity contribution >= 4 is 17.7 Å². The third kappa shape index (κ3) is 4.19. The van der Waals surface area contributed by atoms with Gasteiger partial charge in [0.2, 0.25) is 0 Å². The highest BCUT2D eigenvalue weighted by molar-refractivity contribution is 7.99. The Balaban J connectivity index is 1.56. The van der Waals surface area contributed by atoms with Gasteiger partial charge in [0.25, 0.3) is 0 Å². The van der Waals surface area contributed by atoms with Gasteiger partial charge in [0.15, 0.2) is 11.0 Å². The molecule has 0 saturated heterocycles. The van der Waals surface area contributed by atoms with Gasteiger partial charge >= 0.3 is 5.97 Å². The summed E-state index contributed by atoms with van der Waals surface area (Å²) in [5.74, 6) is 1.08. The Morgan fingerprint density at radius 1 is 1.16 bits per heavy atom. The maximum Gasteiger partial charge on any atom is 0.335 e. The van der Waals surface area contributed by atoms with E-state index >= 15 is 0 Å². The molecule has 0 unspecified atom stereocenters. The normalized spacial score (nSPS) is 10.6. The van der Waals surface area contributed by atoms with Crippen LogP contribution in [0.3, 0.4) is 0 Å². The summed E-state index contributed by atoms with van der Waals surface area (Å²) in [5.41, 5.74) is 1.23. The number of hydrogen-bond acceptors (Lipinski definition) is 5. The fourth-order valence-corrected chi connectivity index (χ4v) is 3.02. The first-order chi connectivity index (χ1) is 12.1. The summed E-state index contributed by atoms with van der Waals surface area (Å²) >= 11 is 1.54. The maximum atomic E-state index is 10.9. The molecular weight excluding hydrogens is 338 g/mol. The first kappa shape index (κ1) is 17.0. The summed E-state index contributed by atoms with van der Waals surface area (Å²) in [4.78, 5) is 10.9. The van der Waals surface area contributed by atoms with Gasteiger partial charge in [-0.05, 0) is 18.2 Å². The standard InChI is InChI=1S/C18H17N3O3S/c1-21-16(13-6-3-2-4-7-13)19-20-18(21)25-11-10-24-15-9-5-8-14(12-15)17(22)23/h2-9,12H,10-11H2,1H3,(H,22,23). The molecule has 0 aliphatic rings. The minimum absolute atomic E-state index is 0.214. The van der Waals surface area contributed by atoms with Gasteiger partial charge in [0.1, 0.15) is 5.75 Å². The smallest absolute Gasteiger partial charge is 0.335 e. The van der Waals surface area contributed by atoms with E-state index in [1.165, 1.54) is 12.1 Å². The molecule has 1 heterocycles. The molecule has 0 aliphatic heterocycles. The first-order valence-corrected chi connectivity index (χ1v) is 8.67. The predicted molar refractivity (Wildman–Crippen MR) is 96.1 cm³/mol. The molecule has 0 spiro atoms. The van der Waals surface area contributed by atoms with Crippen LogP contribution in [0.25, 0.3) is 11.4 Å². The van der Waals surface area contributed by atoms with Crippen molar-refractivity contribution in [1.29, 1.82) is 0 Å². The Morgan fingerprint density at radius 3 is 2.72 bits per heavy atom. The molecule has 0 radical (unpaired) electrons. The number of carboxylic acid groups (broad SMARTS) is 1. The second kappa shape index (κ2) is 7.85. The van der Waals surface area contributed by atoms with Gasteiger partial charge in [-0.25, -0.2) is 4.79 Å². The van der Waals surface area contributed by atoms with Crippen molar-refractivity contribution in [3.63, 3.8) is 0 Å². The van der Waals surface area contributed by atoms with Crippen LogP contribution in [-0.4, -0.2) is 38.2 Å². The highest BCUT2D eigenvalue weighted by atomic mass is 32.2. The second-order valence-corrected chi connectivity index (χ2v) is 6.32. The van der Waals surface area contributed by atoms with Crippen molar-refractivity contribution in [2.75, 3.05) is 12.4 Å². The minimum Gasteiger partial charge on any atom is -0.493 e. The fourth-order valence-electron chi connectivity index (χ4n) is 2.29. The zero-order valence-corrected chi connectivity index (χ0v) is 14.4. The summed E-state index contributed by atoms with van der Waals surface area (Å²) in [5, 5.41) is 18.2. The van der Waals surface area contributed by atoms with Gasteiger partial charge in [-0.2, -0.15) is 0 Å². The Bertz CT molecular complexity index is 865. The van der Waals surface area contributed by atoms with E-state index in [1.807, 2.05) is 41.9 Å². The summed E-state index contributed by atoms with van der Waals surface area (Å²) in [7, 11) is 1.93. The molecule has 128 valence electrons. The monoisotopic (exact) mass is 355 g/mol. The number of ether oxygens (including phenoxy) is 1. The molecule has 25 heavy (non-hydrogen) atoms. The van der Waals surface area contributed by atoms with E-state index in [2.05, 4.69) is 10.2 Å². The molecule has 0 aliphatic carbocycles. The molecule has 2 aromatic carbocycles. The Kier molecular flexibility index (Phi) is 5.35. The fraction of sp³-hybridized carbons (Fsp3) is 0.167. The van der Waals surface area contributed by atoms with Gasteiger partial charge in [-0.1, -0.05) is 48.2 Å². The zero-order chi connectivity index (χ0) is 17.6. The third-order valence-electron chi connectivity index (χ3n) is 3.53. The largest absolute Gasteiger partial charge is 0.493 e. The lowest BCUT2D eigenvalue weighted by Gasteiger charge is -2.07. The number of aromatic nitrogens is 3. The summed E-state index contributed by atoms with van der Waals surface area (Å²) in [6.07, 6.45) is 0. The van der Waals surface area contributed by atoms with Crippen LogP contribution in [0, 0.1) is 0 Å². The molecule has 1 N–H and O–H groups in total. The molecular formula is C18H17N3O3S. The van der Waals surface area contributed by atoms with Crippen molar-refractivity contribution in [3.8, 4) is 17.1 Å². The van der Waals surface area contributed by atoms with Crippen molar-refractivity contribution in [3.05, 3.63) is 60.2 Å². The van der Waals surface area contributed by atoms with Crippen LogP contribution < -0.4 is 4.74 Å². The van der Waals surface area contributed by atoms with Crippen molar-refractivity contribution in [1.82, 2.24) is 14.8 Å². The van der Waals surface area contributed by atoms with Crippen LogP contribution in [0.5, 0.6) is 5.75 Å². The highest BCUT2D eigenvalue weighted by Gasteiger charge is 2.11. The number of thioether (sulfide) groups is 1. The zero-order valence-electron chi connectivity index (χ0n) is 13.6. The van der Waals surface area contributed by atoms with Crippen molar-refractivity contribution in [2.24, 2.45) is 7.05 Å². The van der Waals surface area contributed by atoms with Gasteiger partial charge in [0, 0.05) is 18.4 Å². The summed E-state index contributed by atoms with van der Waals surface area (Å²) in [6.45, 7) is 0.446. The number of hydrogen-bond donors (Lipinski definition) is 1. The molecule has 6 nitrogen and oxygen atoms in total. The lowest BCUT2D eigenvalue weighted by molar-refractivity contribution is 0.0696. The van der Waals surface area contributed by atoms with Crippen LogP contribution in [0.15, 0.2) is 59.8 Å². The predicted octanol–water partition coefficient (Wildman–Crippen LogP) is 3.35. The quantitative estimate of drug-likeness (QED) is 0.517. The summed E-state index contributed by atoms with van der Waals surface area (Å²) < 4.78 is 7.56. The topological polar surface area (TPSA) is 77.2 Å². The average Bonchev–Trinajstić information content (AvgIpc) is 3.00. The Labute approximate surface area is 149 Å². The van der Waals surface area contributed by atoms with Gasteiger partial charge < -0.3 is 14.4 Å². The molecule has 1 aromatic heterocycles. The molecule has 0 fully saturated rings. The number of nitrogens with zero attached hydrogens (tertiary/aromatic N) is 3. The van der Waals surface area contributed by atoms with E-state index < -0.39 is 5.97 Å². The minimum atomic E-state index is -0.965. The average molecular weight is 355 g/mol. The SMILES string of the molecule is Cn1c(SCCOc2cccc(C(=O)O)c2)nnc1-c1ccccc1. The van der Waals surface area contributed by atoms with Crippen molar-refractivity contribution in [2.45, 2.75) is 5.16 Å². The summed E-state index contributed by atoms with van der Waals surface area (Å²) in [6, 6.07) is 16.4. The van der Waals surface area contributed by atoms with Gasteiger partial charge in [-0.15, -0.1) is 10.2 Å². The van der Waals surface area contributed by atoms with Crippen LogP contribution in [0.1, 0.15) is 10.4 Å². The number of carbonyl (C=O) groups is 1. The van der Waals surface area contributed by atoms with Crippen molar-refractivity contribution < 1.29 is 14.6 Å². The van der Waals surface area contributed by atoms with Crippen LogP contribution >= 0.6 is 11.8 Å². The lowest BCUT2D eigenvalue weighted by atomic mass is 10.2. The molecule has 0 amide bonds. The van der Waals surface area contributed by atoms with Crippen LogP contribution in [-0.2, 0) is 7.05 Å². The van der Waals surface area contributed by atoms with Crippen LogP contribution in [0.4, 0.5) is 0 Å². The second-order valence-electron chi connectivity index (χ2n) is 5.26. The molecule has 3 aromatic rings. The number of aromatic carboxylic acids is 1. The molecule has 0 atom stereocenters. The molecule has 0 bridgehead atoms. The molecule has 0 saturated carbocycles. The van der Waals surface area contributed by atoms with Gasteiger partial charge in [0.05, 0.1) is 12.2 Å². The maximum absolute atomic E-state index is 10.9. The number of rotatable bonds is 7. The Hall–Kier alpha value is -2.80. The number of benzene rings is 2. The van der Waals surface area contributed by atoms with E-state index in [0.717, 1.165) is 16.5 Å². The Morgan fingerprint density at radius 2 is 1.96 bits per heavy atom. The first-order valence-electron chi connectivity index (χ1n) is 7.69. The molecule has 3 rings (SSSR count). The van der Waals surface area contributed by atoms with E-state index in [1.54, 1.807) is 23.9 Å². The van der Waals surface area contributed by atoms with Gasteiger partial charge in [-0.3, -0.25) is 0 Å². The van der Waals surface area contributed by atoms with E-state index in [-0.39, 0.29) is 5.56 Å². The van der Waals surface area contributed by atoms with Crippen LogP contribution in [0.2, 0.25) is 0 Å². The number of carboxylic acids is 1. The molecule has 7 heteroatoms. The highest BCUT2D eigenvalue weighted by Crippen LogP contribution is 2.22. The van der Waals surface area contributed by atoms with E-state index in [4.69, 9.17) is 9.84 Å². The van der Waals surface area contributed by atoms with E-state index in [9.17, 15) is 4.79 Å². The lowest BCUT2D eigenvalue weighted by Crippen LogP contribution is -2.03. The van der Waals surface area contributed by atoms with E-state index in [0.29, 0.717) is 18.1 Å².